The van der Waals surface area contributed by atoms with E-state index in [4.69, 9.17) is 16.1 Å². The predicted octanol–water partition coefficient (Wildman–Crippen LogP) is 1.15. The van der Waals surface area contributed by atoms with Crippen LogP contribution in [0.3, 0.4) is 0 Å². The zero-order valence-electron chi connectivity index (χ0n) is 15.5. The van der Waals surface area contributed by atoms with Crippen LogP contribution in [0, 0.1) is 0 Å². The highest BCUT2D eigenvalue weighted by Gasteiger charge is 2.31. The number of carbonyl (C=O) groups is 1. The van der Waals surface area contributed by atoms with Crippen molar-refractivity contribution in [2.45, 2.75) is 10.8 Å². The standard InChI is InChI=1S/C17H16ClN5O5S2/c18-13-4-5-15(29-13)30(26,27)22-9-7-21(8-10-22)14(24)11-23-16(20-28-17(23)25)12-3-1-2-6-19-12/h1-6H,7-11H2. The Labute approximate surface area is 180 Å². The van der Waals surface area contributed by atoms with E-state index in [0.29, 0.717) is 10.0 Å². The normalized spacial score (nSPS) is 15.4. The van der Waals surface area contributed by atoms with E-state index in [9.17, 15) is 18.0 Å². The molecule has 1 aliphatic heterocycles. The number of carbonyl (C=O) groups excluding carboxylic acids is 1. The van der Waals surface area contributed by atoms with Crippen molar-refractivity contribution in [3.8, 4) is 11.5 Å². The average molecular weight is 470 g/mol. The Morgan fingerprint density at radius 3 is 2.57 bits per heavy atom. The quantitative estimate of drug-likeness (QED) is 0.549. The highest BCUT2D eigenvalue weighted by molar-refractivity contribution is 7.91. The van der Waals surface area contributed by atoms with Crippen molar-refractivity contribution in [1.82, 2.24) is 23.9 Å². The summed E-state index contributed by atoms with van der Waals surface area (Å²) >= 11 is 6.84. The molecule has 0 unspecified atom stereocenters. The summed E-state index contributed by atoms with van der Waals surface area (Å²) in [5.41, 5.74) is 0.404. The largest absolute Gasteiger partial charge is 0.442 e. The van der Waals surface area contributed by atoms with E-state index in [1.165, 1.54) is 21.3 Å². The molecule has 10 nitrogen and oxygen atoms in total. The Morgan fingerprint density at radius 2 is 1.93 bits per heavy atom. The van der Waals surface area contributed by atoms with E-state index < -0.39 is 15.8 Å². The summed E-state index contributed by atoms with van der Waals surface area (Å²) in [5, 5.41) is 3.71. The van der Waals surface area contributed by atoms with Gasteiger partial charge in [-0.15, -0.1) is 11.3 Å². The molecule has 0 radical (unpaired) electrons. The van der Waals surface area contributed by atoms with Gasteiger partial charge in [0.1, 0.15) is 16.4 Å². The van der Waals surface area contributed by atoms with Gasteiger partial charge in [-0.25, -0.2) is 17.8 Å². The van der Waals surface area contributed by atoms with E-state index >= 15 is 0 Å². The summed E-state index contributed by atoms with van der Waals surface area (Å²) < 4.78 is 33.1. The maximum Gasteiger partial charge on any atom is 0.442 e. The minimum atomic E-state index is -3.65. The van der Waals surface area contributed by atoms with Crippen LogP contribution in [0.1, 0.15) is 0 Å². The number of aromatic nitrogens is 3. The van der Waals surface area contributed by atoms with E-state index in [1.54, 1.807) is 24.4 Å². The lowest BCUT2D eigenvalue weighted by Gasteiger charge is -2.33. The number of hydrogen-bond acceptors (Lipinski definition) is 8. The molecule has 1 aliphatic rings. The van der Waals surface area contributed by atoms with E-state index in [2.05, 4.69) is 10.1 Å². The van der Waals surface area contributed by atoms with Crippen LogP contribution in [0.25, 0.3) is 11.5 Å². The number of hydrogen-bond donors (Lipinski definition) is 0. The van der Waals surface area contributed by atoms with Crippen LogP contribution < -0.4 is 5.76 Å². The first-order valence-electron chi connectivity index (χ1n) is 8.87. The molecular weight excluding hydrogens is 454 g/mol. The highest BCUT2D eigenvalue weighted by Crippen LogP contribution is 2.28. The molecule has 30 heavy (non-hydrogen) atoms. The highest BCUT2D eigenvalue weighted by atomic mass is 35.5. The topological polar surface area (TPSA) is 119 Å². The molecule has 13 heteroatoms. The number of amides is 1. The molecule has 4 rings (SSSR count). The summed E-state index contributed by atoms with van der Waals surface area (Å²) in [5.74, 6) is -0.946. The maximum atomic E-state index is 12.7. The van der Waals surface area contributed by atoms with Gasteiger partial charge in [-0.05, 0) is 24.3 Å². The minimum Gasteiger partial charge on any atom is -0.338 e. The molecule has 1 saturated heterocycles. The number of pyridine rings is 1. The molecule has 0 spiro atoms. The average Bonchev–Trinajstić information content (AvgIpc) is 3.35. The molecule has 158 valence electrons. The van der Waals surface area contributed by atoms with Gasteiger partial charge in [0.05, 0.1) is 4.34 Å². The van der Waals surface area contributed by atoms with Crippen LogP contribution in [0.4, 0.5) is 0 Å². The lowest BCUT2D eigenvalue weighted by atomic mass is 10.3. The third-order valence-corrected chi connectivity index (χ3v) is 8.20. The van der Waals surface area contributed by atoms with Crippen molar-refractivity contribution in [3.05, 3.63) is 51.4 Å². The van der Waals surface area contributed by atoms with E-state index in [1.807, 2.05) is 0 Å². The van der Waals surface area contributed by atoms with Crippen molar-refractivity contribution < 1.29 is 17.7 Å². The van der Waals surface area contributed by atoms with Gasteiger partial charge in [0.15, 0.2) is 0 Å². The molecule has 0 N–H and O–H groups in total. The third-order valence-electron chi connectivity index (χ3n) is 4.61. The van der Waals surface area contributed by atoms with E-state index in [-0.39, 0.29) is 48.7 Å². The number of thiophene rings is 1. The van der Waals surface area contributed by atoms with Crippen LogP contribution in [0.2, 0.25) is 4.34 Å². The molecular formula is C17H16ClN5O5S2. The Balaban J connectivity index is 1.44. The van der Waals surface area contributed by atoms with Gasteiger partial charge >= 0.3 is 5.76 Å². The lowest BCUT2D eigenvalue weighted by Crippen LogP contribution is -2.51. The second-order valence-corrected chi connectivity index (χ2v) is 10.3. The Kier molecular flexibility index (Phi) is 5.73. The van der Waals surface area contributed by atoms with Crippen molar-refractivity contribution in [1.29, 1.82) is 0 Å². The van der Waals surface area contributed by atoms with Crippen molar-refractivity contribution in [2.24, 2.45) is 0 Å². The van der Waals surface area contributed by atoms with Crippen molar-refractivity contribution >= 4 is 38.9 Å². The first-order chi connectivity index (χ1) is 14.4. The van der Waals surface area contributed by atoms with Crippen LogP contribution >= 0.6 is 22.9 Å². The van der Waals surface area contributed by atoms with Crippen molar-refractivity contribution in [3.63, 3.8) is 0 Å². The van der Waals surface area contributed by atoms with Gasteiger partial charge in [0, 0.05) is 32.4 Å². The van der Waals surface area contributed by atoms with Crippen LogP contribution in [-0.4, -0.2) is 64.4 Å². The molecule has 1 amide bonds. The van der Waals surface area contributed by atoms with Crippen LogP contribution in [0.5, 0.6) is 0 Å². The number of halogens is 1. The SMILES string of the molecule is O=C(Cn1c(-c2ccccn2)noc1=O)N1CCN(S(=O)(=O)c2ccc(Cl)s2)CC1. The summed E-state index contributed by atoms with van der Waals surface area (Å²) in [4.78, 5) is 30.4. The summed E-state index contributed by atoms with van der Waals surface area (Å²) in [7, 11) is -3.65. The smallest absolute Gasteiger partial charge is 0.338 e. The van der Waals surface area contributed by atoms with Crippen LogP contribution in [0.15, 0.2) is 50.1 Å². The maximum absolute atomic E-state index is 12.7. The lowest BCUT2D eigenvalue weighted by molar-refractivity contribution is -0.133. The second-order valence-electron chi connectivity index (χ2n) is 6.42. The first-order valence-corrected chi connectivity index (χ1v) is 11.5. The predicted molar refractivity (Wildman–Crippen MR) is 109 cm³/mol. The second kappa shape index (κ2) is 8.30. The van der Waals surface area contributed by atoms with Gasteiger partial charge in [0.25, 0.3) is 10.0 Å². The molecule has 3 aromatic rings. The fourth-order valence-electron chi connectivity index (χ4n) is 3.06. The van der Waals surface area contributed by atoms with Gasteiger partial charge in [-0.3, -0.25) is 14.3 Å². The summed E-state index contributed by atoms with van der Waals surface area (Å²) in [6, 6.07) is 8.10. The molecule has 0 aromatic carbocycles. The number of piperazine rings is 1. The molecule has 0 aliphatic carbocycles. The minimum absolute atomic E-state index is 0.148. The Hall–Kier alpha value is -2.54. The van der Waals surface area contributed by atoms with Crippen LogP contribution in [-0.2, 0) is 21.4 Å². The Bertz CT molecular complexity index is 1210. The monoisotopic (exact) mass is 469 g/mol. The molecule has 0 bridgehead atoms. The fraction of sp³-hybridized carbons (Fsp3) is 0.294. The molecule has 1 fully saturated rings. The molecule has 3 aromatic heterocycles. The summed E-state index contributed by atoms with van der Waals surface area (Å²) in [6.45, 7) is 0.429. The summed E-state index contributed by atoms with van der Waals surface area (Å²) in [6.07, 6.45) is 1.54. The van der Waals surface area contributed by atoms with Crippen molar-refractivity contribution in [2.75, 3.05) is 26.2 Å². The molecule has 4 heterocycles. The number of sulfonamides is 1. The molecule has 0 atom stereocenters. The molecule has 0 saturated carbocycles. The zero-order chi connectivity index (χ0) is 21.3. The third kappa shape index (κ3) is 4.03. The van der Waals surface area contributed by atoms with Gasteiger partial charge in [0.2, 0.25) is 11.7 Å². The van der Waals surface area contributed by atoms with Gasteiger partial charge in [-0.2, -0.15) is 4.31 Å². The Morgan fingerprint density at radius 1 is 1.17 bits per heavy atom. The fourth-order valence-corrected chi connectivity index (χ4v) is 6.12. The first kappa shape index (κ1) is 20.7. The number of nitrogens with zero attached hydrogens (tertiary/aromatic N) is 5. The number of rotatable bonds is 5. The van der Waals surface area contributed by atoms with E-state index in [0.717, 1.165) is 15.9 Å². The van der Waals surface area contributed by atoms with Gasteiger partial charge in [-0.1, -0.05) is 22.8 Å². The van der Waals surface area contributed by atoms with Gasteiger partial charge < -0.3 is 4.90 Å². The zero-order valence-corrected chi connectivity index (χ0v) is 17.9.